The lowest BCUT2D eigenvalue weighted by Crippen LogP contribution is -2.42. The fourth-order valence-electron chi connectivity index (χ4n) is 3.76. The van der Waals surface area contributed by atoms with Gasteiger partial charge in [0.15, 0.2) is 5.69 Å². The number of benzene rings is 2. The van der Waals surface area contributed by atoms with Crippen molar-refractivity contribution in [1.82, 2.24) is 14.5 Å². The van der Waals surface area contributed by atoms with Gasteiger partial charge in [-0.15, -0.1) is 11.8 Å². The van der Waals surface area contributed by atoms with E-state index in [-0.39, 0.29) is 29.7 Å². The van der Waals surface area contributed by atoms with E-state index in [1.807, 2.05) is 67.6 Å². The van der Waals surface area contributed by atoms with Gasteiger partial charge in [-0.1, -0.05) is 55.5 Å². The monoisotopic (exact) mass is 475 g/mol. The van der Waals surface area contributed by atoms with Crippen molar-refractivity contribution in [3.05, 3.63) is 93.3 Å². The van der Waals surface area contributed by atoms with Gasteiger partial charge in [-0.25, -0.2) is 4.79 Å². The summed E-state index contributed by atoms with van der Waals surface area (Å²) in [5, 5.41) is 0.957. The van der Waals surface area contributed by atoms with Gasteiger partial charge >= 0.3 is 5.69 Å². The lowest BCUT2D eigenvalue weighted by atomic mass is 10.2. The molecule has 2 aromatic carbocycles. The fraction of sp³-hybridized carbons (Fsp3) is 0.200. The molecule has 0 atom stereocenters. The van der Waals surface area contributed by atoms with Crippen molar-refractivity contribution < 1.29 is 4.79 Å². The molecule has 174 valence electrons. The van der Waals surface area contributed by atoms with Crippen LogP contribution in [-0.4, -0.2) is 32.7 Å². The number of fused-ring (bicyclic) bond motifs is 1. The zero-order valence-corrected chi connectivity index (χ0v) is 19.5. The molecule has 0 aliphatic rings. The molecule has 0 unspecified atom stereocenters. The Bertz CT molecular complexity index is 1430. The number of nitrogens with zero attached hydrogens (tertiary/aromatic N) is 3. The molecule has 2 aromatic heterocycles. The molecule has 3 N–H and O–H groups in total. The Hall–Kier alpha value is -3.85. The summed E-state index contributed by atoms with van der Waals surface area (Å²) in [5.74, 6) is -0.196. The van der Waals surface area contributed by atoms with Gasteiger partial charge in [0.1, 0.15) is 5.82 Å². The summed E-state index contributed by atoms with van der Waals surface area (Å²) in [6, 6.07) is 18.9. The number of para-hydroxylation sites is 1. The Kier molecular flexibility index (Phi) is 7.12. The van der Waals surface area contributed by atoms with Gasteiger partial charge in [0.25, 0.3) is 5.56 Å². The molecule has 0 radical (unpaired) electrons. The van der Waals surface area contributed by atoms with Crippen molar-refractivity contribution in [3.63, 3.8) is 0 Å². The molecule has 34 heavy (non-hydrogen) atoms. The third kappa shape index (κ3) is 4.89. The smallest absolute Gasteiger partial charge is 0.330 e. The predicted octanol–water partition coefficient (Wildman–Crippen LogP) is 3.25. The number of aromatic nitrogens is 3. The molecule has 2 heterocycles. The van der Waals surface area contributed by atoms with E-state index in [0.29, 0.717) is 13.0 Å². The second-order valence-electron chi connectivity index (χ2n) is 7.73. The van der Waals surface area contributed by atoms with E-state index in [1.165, 1.54) is 21.2 Å². The highest BCUT2D eigenvalue weighted by Gasteiger charge is 2.24. The topological polar surface area (TPSA) is 114 Å². The summed E-state index contributed by atoms with van der Waals surface area (Å²) in [6.45, 7) is 2.39. The van der Waals surface area contributed by atoms with Crippen LogP contribution in [-0.2, 0) is 11.3 Å². The fourth-order valence-corrected chi connectivity index (χ4v) is 4.68. The van der Waals surface area contributed by atoms with Crippen molar-refractivity contribution in [1.29, 1.82) is 0 Å². The molecular formula is C25H25N5O3S. The number of pyridine rings is 1. The first-order valence-corrected chi connectivity index (χ1v) is 11.9. The molecule has 0 saturated carbocycles. The third-order valence-electron chi connectivity index (χ3n) is 5.38. The molecule has 9 heteroatoms. The number of hydrogen-bond donors (Lipinski definition) is 2. The van der Waals surface area contributed by atoms with Crippen LogP contribution in [0.15, 0.2) is 81.3 Å². The maximum Gasteiger partial charge on any atom is 0.330 e. The number of nitrogens with two attached hydrogens (primary N) is 1. The van der Waals surface area contributed by atoms with E-state index in [0.717, 1.165) is 21.4 Å². The minimum absolute atomic E-state index is 0.00238. The summed E-state index contributed by atoms with van der Waals surface area (Å²) in [5.41, 5.74) is 6.73. The van der Waals surface area contributed by atoms with E-state index < -0.39 is 11.2 Å². The van der Waals surface area contributed by atoms with Crippen LogP contribution < -0.4 is 21.9 Å². The first-order chi connectivity index (χ1) is 16.5. The van der Waals surface area contributed by atoms with Crippen molar-refractivity contribution in [2.45, 2.75) is 24.8 Å². The first-order valence-electron chi connectivity index (χ1n) is 10.9. The Morgan fingerprint density at radius 3 is 2.59 bits per heavy atom. The Morgan fingerprint density at radius 2 is 1.82 bits per heavy atom. The lowest BCUT2D eigenvalue weighted by molar-refractivity contribution is -0.116. The molecule has 0 fully saturated rings. The quantitative estimate of drug-likeness (QED) is 0.378. The molecule has 0 bridgehead atoms. The Labute approximate surface area is 200 Å². The number of aromatic amines is 1. The average molecular weight is 476 g/mol. The highest BCUT2D eigenvalue weighted by atomic mass is 32.2. The van der Waals surface area contributed by atoms with Crippen LogP contribution in [0.3, 0.4) is 0 Å². The first kappa shape index (κ1) is 23.3. The standard InChI is InChI=1S/C25H25N5O3S/c1-2-14-29(21(31)16-34-20-12-13-27-19-11-7-6-10-18(19)20)22-23(26)30(25(33)28-24(22)32)15-17-8-4-3-5-9-17/h3-13H,2,14-16,26H2,1H3,(H,28,32,33). The van der Waals surface area contributed by atoms with Crippen molar-refractivity contribution >= 4 is 40.1 Å². The summed E-state index contributed by atoms with van der Waals surface area (Å²) in [6.07, 6.45) is 2.33. The summed E-state index contributed by atoms with van der Waals surface area (Å²) < 4.78 is 1.28. The van der Waals surface area contributed by atoms with Crippen LogP contribution in [0.5, 0.6) is 0 Å². The van der Waals surface area contributed by atoms with E-state index >= 15 is 0 Å². The van der Waals surface area contributed by atoms with E-state index in [1.54, 1.807) is 6.20 Å². The van der Waals surface area contributed by atoms with E-state index in [4.69, 9.17) is 5.73 Å². The zero-order valence-electron chi connectivity index (χ0n) is 18.7. The number of rotatable bonds is 8. The minimum atomic E-state index is -0.673. The summed E-state index contributed by atoms with van der Waals surface area (Å²) in [7, 11) is 0. The van der Waals surface area contributed by atoms with Crippen LogP contribution in [0.4, 0.5) is 11.5 Å². The molecular weight excluding hydrogens is 450 g/mol. The lowest BCUT2D eigenvalue weighted by Gasteiger charge is -2.24. The highest BCUT2D eigenvalue weighted by molar-refractivity contribution is 8.00. The summed E-state index contributed by atoms with van der Waals surface area (Å²) >= 11 is 1.38. The van der Waals surface area contributed by atoms with Crippen molar-refractivity contribution in [2.24, 2.45) is 0 Å². The third-order valence-corrected chi connectivity index (χ3v) is 6.43. The number of hydrogen-bond acceptors (Lipinski definition) is 6. The molecule has 4 aromatic rings. The minimum Gasteiger partial charge on any atom is -0.383 e. The normalized spacial score (nSPS) is 11.0. The number of nitrogens with one attached hydrogen (secondary N) is 1. The Morgan fingerprint density at radius 1 is 1.09 bits per heavy atom. The number of carbonyl (C=O) groups is 1. The molecule has 4 rings (SSSR count). The number of carbonyl (C=O) groups excluding carboxylic acids is 1. The van der Waals surface area contributed by atoms with Crippen LogP contribution in [0.1, 0.15) is 18.9 Å². The number of thioether (sulfide) groups is 1. The number of nitrogen functional groups attached to an aromatic ring is 1. The molecule has 8 nitrogen and oxygen atoms in total. The number of amides is 1. The Balaban J connectivity index is 1.64. The van der Waals surface area contributed by atoms with Crippen LogP contribution in [0, 0.1) is 0 Å². The van der Waals surface area contributed by atoms with E-state index in [9.17, 15) is 14.4 Å². The van der Waals surface area contributed by atoms with Gasteiger partial charge in [0, 0.05) is 23.0 Å². The van der Waals surface area contributed by atoms with Gasteiger partial charge in [-0.2, -0.15) is 0 Å². The van der Waals surface area contributed by atoms with Crippen molar-refractivity contribution in [2.75, 3.05) is 22.9 Å². The van der Waals surface area contributed by atoms with Gasteiger partial charge in [0.2, 0.25) is 5.91 Å². The number of anilines is 2. The van der Waals surface area contributed by atoms with E-state index in [2.05, 4.69) is 9.97 Å². The highest BCUT2D eigenvalue weighted by Crippen LogP contribution is 2.27. The average Bonchev–Trinajstić information content (AvgIpc) is 2.85. The molecule has 0 aliphatic carbocycles. The maximum atomic E-state index is 13.3. The number of H-pyrrole nitrogens is 1. The van der Waals surface area contributed by atoms with Crippen molar-refractivity contribution in [3.8, 4) is 0 Å². The molecule has 0 aliphatic heterocycles. The summed E-state index contributed by atoms with van der Waals surface area (Å²) in [4.78, 5) is 47.6. The van der Waals surface area contributed by atoms with Gasteiger partial charge in [0.05, 0.1) is 17.8 Å². The second kappa shape index (κ2) is 10.4. The largest absolute Gasteiger partial charge is 0.383 e. The van der Waals surface area contributed by atoms with Crippen LogP contribution in [0.2, 0.25) is 0 Å². The molecule has 0 spiro atoms. The SMILES string of the molecule is CCCN(C(=O)CSc1ccnc2ccccc12)c1c(N)n(Cc2ccccc2)c(=O)[nH]c1=O. The van der Waals surface area contributed by atoms with Crippen LogP contribution >= 0.6 is 11.8 Å². The molecule has 1 amide bonds. The van der Waals surface area contributed by atoms with Gasteiger partial charge in [-0.3, -0.25) is 24.1 Å². The second-order valence-corrected chi connectivity index (χ2v) is 8.74. The predicted molar refractivity (Wildman–Crippen MR) is 136 cm³/mol. The molecule has 0 saturated heterocycles. The maximum absolute atomic E-state index is 13.3. The zero-order chi connectivity index (χ0) is 24.1. The van der Waals surface area contributed by atoms with Crippen LogP contribution in [0.25, 0.3) is 10.9 Å². The van der Waals surface area contributed by atoms with Gasteiger partial charge in [-0.05, 0) is 24.1 Å². The van der Waals surface area contributed by atoms with Gasteiger partial charge < -0.3 is 10.6 Å².